The Bertz CT molecular complexity index is 159. The Hall–Kier alpha value is -0.160. The van der Waals surface area contributed by atoms with Gasteiger partial charge in [0.15, 0.2) is 0 Å². The van der Waals surface area contributed by atoms with Gasteiger partial charge in [0.2, 0.25) is 0 Å². The Morgan fingerprint density at radius 2 is 1.77 bits per heavy atom. The van der Waals surface area contributed by atoms with Crippen molar-refractivity contribution in [3.05, 3.63) is 0 Å². The molecular weight excluding hydrogens is 170 g/mol. The fraction of sp³-hybridized carbons (Fsp3) is 1.00. The SMILES string of the molecule is C[N+](C)(C)CC1(CO)COCOC1. The summed E-state index contributed by atoms with van der Waals surface area (Å²) in [5.74, 6) is 0. The molecule has 0 bridgehead atoms. The quantitative estimate of drug-likeness (QED) is 0.620. The standard InChI is InChI=1S/C9H20NO3/c1-10(2,3)4-9(5-11)6-12-8-13-7-9/h11H,4-8H2,1-3H3/q+1. The Morgan fingerprint density at radius 3 is 2.15 bits per heavy atom. The predicted octanol–water partition coefficient (Wildman–Crippen LogP) is -0.324. The van der Waals surface area contributed by atoms with Crippen LogP contribution in [0.3, 0.4) is 0 Å². The van der Waals surface area contributed by atoms with Crippen molar-refractivity contribution in [1.29, 1.82) is 0 Å². The smallest absolute Gasteiger partial charge is 0.146 e. The van der Waals surface area contributed by atoms with Gasteiger partial charge in [0, 0.05) is 0 Å². The van der Waals surface area contributed by atoms with Crippen LogP contribution in [0.4, 0.5) is 0 Å². The molecule has 0 atom stereocenters. The van der Waals surface area contributed by atoms with E-state index in [-0.39, 0.29) is 12.0 Å². The van der Waals surface area contributed by atoms with Gasteiger partial charge in [0.1, 0.15) is 6.79 Å². The van der Waals surface area contributed by atoms with Crippen LogP contribution in [0.15, 0.2) is 0 Å². The van der Waals surface area contributed by atoms with Crippen LogP contribution in [0.2, 0.25) is 0 Å². The molecule has 0 aromatic rings. The van der Waals surface area contributed by atoms with Gasteiger partial charge in [0.25, 0.3) is 0 Å². The first-order chi connectivity index (χ1) is 5.97. The molecule has 4 heteroatoms. The minimum absolute atomic E-state index is 0.127. The molecule has 0 radical (unpaired) electrons. The largest absolute Gasteiger partial charge is 0.395 e. The van der Waals surface area contributed by atoms with Crippen molar-refractivity contribution in [2.75, 3.05) is 54.3 Å². The number of aliphatic hydroxyl groups is 1. The summed E-state index contributed by atoms with van der Waals surface area (Å²) in [4.78, 5) is 0. The van der Waals surface area contributed by atoms with E-state index >= 15 is 0 Å². The first-order valence-corrected chi connectivity index (χ1v) is 4.54. The maximum absolute atomic E-state index is 9.33. The number of quaternary nitrogens is 1. The second kappa shape index (κ2) is 3.92. The highest BCUT2D eigenvalue weighted by Crippen LogP contribution is 2.23. The van der Waals surface area contributed by atoms with Crippen LogP contribution in [0, 0.1) is 5.41 Å². The number of hydrogen-bond acceptors (Lipinski definition) is 3. The lowest BCUT2D eigenvalue weighted by Crippen LogP contribution is -2.53. The highest BCUT2D eigenvalue weighted by atomic mass is 16.7. The molecule has 0 spiro atoms. The molecule has 0 aromatic carbocycles. The van der Waals surface area contributed by atoms with E-state index in [0.717, 1.165) is 11.0 Å². The summed E-state index contributed by atoms with van der Waals surface area (Å²) in [5, 5.41) is 9.33. The lowest BCUT2D eigenvalue weighted by atomic mass is 9.89. The van der Waals surface area contributed by atoms with E-state index in [2.05, 4.69) is 21.1 Å². The Balaban J connectivity index is 2.57. The Labute approximate surface area is 79.6 Å². The summed E-state index contributed by atoms with van der Waals surface area (Å²) in [6.07, 6.45) is 0. The minimum Gasteiger partial charge on any atom is -0.395 e. The van der Waals surface area contributed by atoms with E-state index < -0.39 is 0 Å². The van der Waals surface area contributed by atoms with Crippen molar-refractivity contribution >= 4 is 0 Å². The van der Waals surface area contributed by atoms with E-state index in [1.807, 2.05) is 0 Å². The van der Waals surface area contributed by atoms with Crippen molar-refractivity contribution in [2.24, 2.45) is 5.41 Å². The molecular formula is C9H20NO3+. The van der Waals surface area contributed by atoms with Gasteiger partial charge in [-0.1, -0.05) is 0 Å². The summed E-state index contributed by atoms with van der Waals surface area (Å²) in [5.41, 5.74) is -0.212. The molecule has 1 heterocycles. The summed E-state index contributed by atoms with van der Waals surface area (Å²) in [6, 6.07) is 0. The maximum Gasteiger partial charge on any atom is 0.146 e. The van der Waals surface area contributed by atoms with Gasteiger partial charge in [-0.3, -0.25) is 0 Å². The highest BCUT2D eigenvalue weighted by molar-refractivity contribution is 4.79. The summed E-state index contributed by atoms with van der Waals surface area (Å²) >= 11 is 0. The molecule has 0 amide bonds. The van der Waals surface area contributed by atoms with Gasteiger partial charge >= 0.3 is 0 Å². The normalized spacial score (nSPS) is 23.1. The van der Waals surface area contributed by atoms with Crippen molar-refractivity contribution in [3.63, 3.8) is 0 Å². The molecule has 0 saturated carbocycles. The highest BCUT2D eigenvalue weighted by Gasteiger charge is 2.38. The van der Waals surface area contributed by atoms with Gasteiger partial charge in [-0.15, -0.1) is 0 Å². The van der Waals surface area contributed by atoms with Crippen LogP contribution in [0.1, 0.15) is 0 Å². The van der Waals surface area contributed by atoms with E-state index in [9.17, 15) is 5.11 Å². The summed E-state index contributed by atoms with van der Waals surface area (Å²) in [6.45, 7) is 2.54. The molecule has 0 aromatic heterocycles. The number of rotatable bonds is 3. The van der Waals surface area contributed by atoms with Gasteiger partial charge in [-0.2, -0.15) is 0 Å². The van der Waals surface area contributed by atoms with Crippen LogP contribution < -0.4 is 0 Å². The van der Waals surface area contributed by atoms with Crippen LogP contribution in [0.25, 0.3) is 0 Å². The number of ether oxygens (including phenoxy) is 2. The Morgan fingerprint density at radius 1 is 1.23 bits per heavy atom. The zero-order valence-corrected chi connectivity index (χ0v) is 8.75. The van der Waals surface area contributed by atoms with Gasteiger partial charge in [-0.05, 0) is 0 Å². The molecule has 1 N–H and O–H groups in total. The zero-order valence-electron chi connectivity index (χ0n) is 8.75. The fourth-order valence-electron chi connectivity index (χ4n) is 1.86. The monoisotopic (exact) mass is 190 g/mol. The van der Waals surface area contributed by atoms with Crippen LogP contribution in [0.5, 0.6) is 0 Å². The second-order valence-electron chi connectivity index (χ2n) is 4.92. The van der Waals surface area contributed by atoms with E-state index in [1.54, 1.807) is 0 Å². The maximum atomic E-state index is 9.33. The van der Waals surface area contributed by atoms with Crippen molar-refractivity contribution in [2.45, 2.75) is 0 Å². The molecule has 13 heavy (non-hydrogen) atoms. The number of aliphatic hydroxyl groups excluding tert-OH is 1. The molecule has 4 nitrogen and oxygen atoms in total. The molecule has 1 fully saturated rings. The van der Waals surface area contributed by atoms with Gasteiger partial charge < -0.3 is 19.1 Å². The summed E-state index contributed by atoms with van der Waals surface area (Å²) in [7, 11) is 6.31. The first-order valence-electron chi connectivity index (χ1n) is 4.54. The fourth-order valence-corrected chi connectivity index (χ4v) is 1.86. The van der Waals surface area contributed by atoms with Crippen LogP contribution >= 0.6 is 0 Å². The van der Waals surface area contributed by atoms with E-state index in [0.29, 0.717) is 20.0 Å². The third-order valence-electron chi connectivity index (χ3n) is 2.13. The lowest BCUT2D eigenvalue weighted by molar-refractivity contribution is -0.878. The lowest BCUT2D eigenvalue weighted by Gasteiger charge is -2.39. The molecule has 1 aliphatic heterocycles. The predicted molar refractivity (Wildman–Crippen MR) is 49.2 cm³/mol. The summed E-state index contributed by atoms with van der Waals surface area (Å²) < 4.78 is 11.3. The molecule has 1 rings (SSSR count). The first kappa shape index (κ1) is 10.9. The number of hydrogen-bond donors (Lipinski definition) is 1. The molecule has 0 aliphatic carbocycles. The van der Waals surface area contributed by atoms with Crippen molar-refractivity contribution in [3.8, 4) is 0 Å². The molecule has 1 saturated heterocycles. The molecule has 78 valence electrons. The van der Waals surface area contributed by atoms with Gasteiger partial charge in [0.05, 0.1) is 52.9 Å². The van der Waals surface area contributed by atoms with Crippen molar-refractivity contribution in [1.82, 2.24) is 0 Å². The third-order valence-corrected chi connectivity index (χ3v) is 2.13. The van der Waals surface area contributed by atoms with Crippen LogP contribution in [-0.4, -0.2) is 63.9 Å². The third kappa shape index (κ3) is 3.23. The van der Waals surface area contributed by atoms with E-state index in [4.69, 9.17) is 9.47 Å². The van der Waals surface area contributed by atoms with Gasteiger partial charge in [-0.25, -0.2) is 0 Å². The molecule has 0 unspecified atom stereocenters. The number of nitrogens with zero attached hydrogens (tertiary/aromatic N) is 1. The average Bonchev–Trinajstić information content (AvgIpc) is 2.03. The zero-order chi connectivity index (χ0) is 9.95. The molecule has 1 aliphatic rings. The topological polar surface area (TPSA) is 38.7 Å². The second-order valence-corrected chi connectivity index (χ2v) is 4.92. The van der Waals surface area contributed by atoms with Crippen molar-refractivity contribution < 1.29 is 19.1 Å². The Kier molecular flexibility index (Phi) is 3.29. The van der Waals surface area contributed by atoms with Crippen LogP contribution in [-0.2, 0) is 9.47 Å². The minimum atomic E-state index is -0.212. The van der Waals surface area contributed by atoms with E-state index in [1.165, 1.54) is 0 Å². The average molecular weight is 190 g/mol.